The van der Waals surface area contributed by atoms with Gasteiger partial charge in [-0.2, -0.15) is 0 Å². The standard InChI is InChI=1S/C19H19Cl2NO6/c1-2-5-27-18(26)22-19(17(24)25)4-3-13-14(15(13)19)16(23)28-9-10-6-11(20)8-12(21)7-10/h2,6-8,13-15H,1,3-5,9H2,(H,22,26)(H,24,25)/t13-,14-,15-,19-/m0/s1. The van der Waals surface area contributed by atoms with Gasteiger partial charge in [0.1, 0.15) is 18.8 Å². The number of ether oxygens (including phenoxy) is 2. The van der Waals surface area contributed by atoms with Gasteiger partial charge in [-0.25, -0.2) is 9.59 Å². The van der Waals surface area contributed by atoms with Gasteiger partial charge in [0.25, 0.3) is 0 Å². The number of fused-ring (bicyclic) bond motifs is 1. The summed E-state index contributed by atoms with van der Waals surface area (Å²) in [4.78, 5) is 36.3. The molecule has 1 amide bonds. The third-order valence-corrected chi connectivity index (χ3v) is 5.66. The Morgan fingerprint density at radius 2 is 1.93 bits per heavy atom. The van der Waals surface area contributed by atoms with Crippen LogP contribution in [0.15, 0.2) is 30.9 Å². The van der Waals surface area contributed by atoms with E-state index in [0.29, 0.717) is 22.0 Å². The van der Waals surface area contributed by atoms with Crippen molar-refractivity contribution in [1.29, 1.82) is 0 Å². The van der Waals surface area contributed by atoms with Crippen molar-refractivity contribution in [2.75, 3.05) is 6.61 Å². The Morgan fingerprint density at radius 1 is 1.25 bits per heavy atom. The van der Waals surface area contributed by atoms with Gasteiger partial charge in [0.2, 0.25) is 0 Å². The van der Waals surface area contributed by atoms with E-state index in [0.717, 1.165) is 0 Å². The maximum absolute atomic E-state index is 12.5. The zero-order valence-corrected chi connectivity index (χ0v) is 16.3. The van der Waals surface area contributed by atoms with Gasteiger partial charge in [0, 0.05) is 16.0 Å². The van der Waals surface area contributed by atoms with Crippen LogP contribution in [0.3, 0.4) is 0 Å². The predicted molar refractivity (Wildman–Crippen MR) is 101 cm³/mol. The number of hydrogen-bond donors (Lipinski definition) is 2. The first kappa shape index (κ1) is 20.5. The molecule has 2 N–H and O–H groups in total. The van der Waals surface area contributed by atoms with E-state index in [2.05, 4.69) is 11.9 Å². The third-order valence-electron chi connectivity index (χ3n) is 5.22. The molecule has 0 saturated heterocycles. The van der Waals surface area contributed by atoms with Crippen LogP contribution in [0.2, 0.25) is 10.0 Å². The number of alkyl carbamates (subject to hydrolysis) is 1. The highest BCUT2D eigenvalue weighted by Gasteiger charge is 2.72. The predicted octanol–water partition coefficient (Wildman–Crippen LogP) is 3.43. The van der Waals surface area contributed by atoms with Crippen molar-refractivity contribution < 1.29 is 29.0 Å². The summed E-state index contributed by atoms with van der Waals surface area (Å²) in [6.45, 7) is 3.37. The first-order valence-electron chi connectivity index (χ1n) is 8.69. The maximum Gasteiger partial charge on any atom is 0.408 e. The molecule has 0 aromatic heterocycles. The highest BCUT2D eigenvalue weighted by molar-refractivity contribution is 6.34. The van der Waals surface area contributed by atoms with E-state index in [1.165, 1.54) is 6.08 Å². The van der Waals surface area contributed by atoms with Crippen LogP contribution >= 0.6 is 23.2 Å². The molecule has 150 valence electrons. The summed E-state index contributed by atoms with van der Waals surface area (Å²) in [6.07, 6.45) is 1.26. The zero-order valence-electron chi connectivity index (χ0n) is 14.8. The smallest absolute Gasteiger partial charge is 0.408 e. The molecule has 0 heterocycles. The topological polar surface area (TPSA) is 102 Å². The number of benzene rings is 1. The number of carboxylic acid groups (broad SMARTS) is 1. The van der Waals surface area contributed by atoms with E-state index in [-0.39, 0.29) is 25.6 Å². The molecule has 9 heteroatoms. The largest absolute Gasteiger partial charge is 0.479 e. The van der Waals surface area contributed by atoms with Crippen LogP contribution in [0, 0.1) is 17.8 Å². The molecule has 0 spiro atoms. The minimum Gasteiger partial charge on any atom is -0.479 e. The normalized spacial score (nSPS) is 27.4. The summed E-state index contributed by atoms with van der Waals surface area (Å²) >= 11 is 11.9. The van der Waals surface area contributed by atoms with Crippen LogP contribution in [-0.4, -0.2) is 35.3 Å². The molecule has 0 bridgehead atoms. The molecule has 28 heavy (non-hydrogen) atoms. The fourth-order valence-corrected chi connectivity index (χ4v) is 4.61. The van der Waals surface area contributed by atoms with Crippen molar-refractivity contribution in [2.45, 2.75) is 25.0 Å². The number of aliphatic carboxylic acids is 1. The number of carboxylic acids is 1. The SMILES string of the molecule is C=CCOC(=O)N[C@@]1(C(=O)O)CC[C@H]2[C@H](C(=O)OCc3cc(Cl)cc(Cl)c3)[C@H]21. The Labute approximate surface area is 171 Å². The van der Waals surface area contributed by atoms with Crippen LogP contribution in [0.25, 0.3) is 0 Å². The Kier molecular flexibility index (Phi) is 5.86. The third kappa shape index (κ3) is 3.95. The van der Waals surface area contributed by atoms with Gasteiger partial charge < -0.3 is 19.9 Å². The van der Waals surface area contributed by atoms with Crippen LogP contribution in [0.1, 0.15) is 18.4 Å². The molecule has 2 aliphatic rings. The molecule has 4 atom stereocenters. The Hall–Kier alpha value is -2.25. The first-order chi connectivity index (χ1) is 13.3. The second-order valence-corrected chi connectivity index (χ2v) is 7.80. The lowest BCUT2D eigenvalue weighted by Gasteiger charge is -2.28. The fraction of sp³-hybridized carbons (Fsp3) is 0.421. The molecular formula is C19H19Cl2NO6. The second kappa shape index (κ2) is 8.01. The minimum atomic E-state index is -1.54. The van der Waals surface area contributed by atoms with E-state index >= 15 is 0 Å². The van der Waals surface area contributed by atoms with Crippen molar-refractivity contribution in [1.82, 2.24) is 5.32 Å². The number of hydrogen-bond acceptors (Lipinski definition) is 5. The molecule has 0 aliphatic heterocycles. The van der Waals surface area contributed by atoms with Crippen molar-refractivity contribution in [3.63, 3.8) is 0 Å². The number of nitrogens with one attached hydrogen (secondary N) is 1. The van der Waals surface area contributed by atoms with Crippen molar-refractivity contribution >= 4 is 41.2 Å². The lowest BCUT2D eigenvalue weighted by molar-refractivity contribution is -0.149. The lowest BCUT2D eigenvalue weighted by atomic mass is 9.90. The molecule has 0 radical (unpaired) electrons. The molecule has 1 aromatic rings. The summed E-state index contributed by atoms with van der Waals surface area (Å²) in [5, 5.41) is 13.0. The Morgan fingerprint density at radius 3 is 2.54 bits per heavy atom. The van der Waals surface area contributed by atoms with Crippen molar-refractivity contribution in [3.05, 3.63) is 46.5 Å². The molecule has 3 rings (SSSR count). The van der Waals surface area contributed by atoms with Crippen molar-refractivity contribution in [2.24, 2.45) is 17.8 Å². The monoisotopic (exact) mass is 427 g/mol. The van der Waals surface area contributed by atoms with Crippen LogP contribution in [0.4, 0.5) is 4.79 Å². The van der Waals surface area contributed by atoms with Gasteiger partial charge in [-0.1, -0.05) is 35.9 Å². The Balaban J connectivity index is 1.65. The highest BCUT2D eigenvalue weighted by Crippen LogP contribution is 2.62. The van der Waals surface area contributed by atoms with Crippen molar-refractivity contribution in [3.8, 4) is 0 Å². The lowest BCUT2D eigenvalue weighted by Crippen LogP contribution is -2.56. The van der Waals surface area contributed by atoms with Gasteiger partial charge in [0.15, 0.2) is 0 Å². The number of halogens is 2. The quantitative estimate of drug-likeness (QED) is 0.510. The summed E-state index contributed by atoms with van der Waals surface area (Å²) in [5.74, 6) is -2.95. The maximum atomic E-state index is 12.5. The van der Waals surface area contributed by atoms with Gasteiger partial charge in [-0.3, -0.25) is 4.79 Å². The van der Waals surface area contributed by atoms with E-state index < -0.39 is 35.4 Å². The summed E-state index contributed by atoms with van der Waals surface area (Å²) in [5.41, 5.74) is -0.904. The molecule has 7 nitrogen and oxygen atoms in total. The molecule has 1 aromatic carbocycles. The Bertz CT molecular complexity index is 808. The van der Waals surface area contributed by atoms with Gasteiger partial charge >= 0.3 is 18.0 Å². The molecular weight excluding hydrogens is 409 g/mol. The van der Waals surface area contributed by atoms with Gasteiger partial charge in [-0.05, 0) is 42.5 Å². The summed E-state index contributed by atoms with van der Waals surface area (Å²) in [7, 11) is 0. The summed E-state index contributed by atoms with van der Waals surface area (Å²) < 4.78 is 10.2. The van der Waals surface area contributed by atoms with Crippen LogP contribution in [-0.2, 0) is 25.7 Å². The van der Waals surface area contributed by atoms with E-state index in [1.807, 2.05) is 0 Å². The van der Waals surface area contributed by atoms with Crippen LogP contribution in [0.5, 0.6) is 0 Å². The van der Waals surface area contributed by atoms with Crippen LogP contribution < -0.4 is 5.32 Å². The summed E-state index contributed by atoms with van der Waals surface area (Å²) in [6, 6.07) is 4.83. The molecule has 2 aliphatic carbocycles. The highest BCUT2D eigenvalue weighted by atomic mass is 35.5. The zero-order chi connectivity index (χ0) is 20.5. The number of esters is 1. The number of carbonyl (C=O) groups excluding carboxylic acids is 2. The van der Waals surface area contributed by atoms with E-state index in [4.69, 9.17) is 32.7 Å². The van der Waals surface area contributed by atoms with Gasteiger partial charge in [-0.15, -0.1) is 0 Å². The van der Waals surface area contributed by atoms with E-state index in [1.54, 1.807) is 18.2 Å². The molecule has 0 unspecified atom stereocenters. The second-order valence-electron chi connectivity index (χ2n) is 6.93. The van der Waals surface area contributed by atoms with E-state index in [9.17, 15) is 19.5 Å². The average molecular weight is 428 g/mol. The van der Waals surface area contributed by atoms with Gasteiger partial charge in [0.05, 0.1) is 5.92 Å². The molecule has 2 fully saturated rings. The fourth-order valence-electron chi connectivity index (χ4n) is 4.03. The number of carbonyl (C=O) groups is 3. The first-order valence-corrected chi connectivity index (χ1v) is 9.45. The number of amides is 1. The molecule has 2 saturated carbocycles. The number of rotatable bonds is 7. The minimum absolute atomic E-state index is 0.0239. The average Bonchev–Trinajstić information content (AvgIpc) is 3.24.